The van der Waals surface area contributed by atoms with Gasteiger partial charge in [-0.25, -0.2) is 4.79 Å². The number of amides is 2. The smallest absolute Gasteiger partial charge is 0.328 e. The number of aliphatic hydroxyl groups is 1. The summed E-state index contributed by atoms with van der Waals surface area (Å²) >= 11 is 0. The van der Waals surface area contributed by atoms with E-state index in [0.717, 1.165) is 57.8 Å². The van der Waals surface area contributed by atoms with E-state index in [0.29, 0.717) is 12.8 Å². The number of aliphatic carboxylic acids is 1. The van der Waals surface area contributed by atoms with Crippen molar-refractivity contribution < 1.29 is 34.1 Å². The molecule has 0 rings (SSSR count). The summed E-state index contributed by atoms with van der Waals surface area (Å²) < 4.78 is 5.89. The molecule has 4 N–H and O–H groups in total. The van der Waals surface area contributed by atoms with Crippen LogP contribution in [-0.2, 0) is 23.9 Å². The van der Waals surface area contributed by atoms with Crippen molar-refractivity contribution >= 4 is 23.8 Å². The third-order valence-corrected chi connectivity index (χ3v) is 10.6. The van der Waals surface area contributed by atoms with Gasteiger partial charge in [-0.15, -0.1) is 0 Å². The van der Waals surface area contributed by atoms with E-state index < -0.39 is 24.5 Å². The lowest BCUT2D eigenvalue weighted by Gasteiger charge is -2.15. The zero-order chi connectivity index (χ0) is 42.6. The van der Waals surface area contributed by atoms with Crippen molar-refractivity contribution in [1.82, 2.24) is 10.6 Å². The second kappa shape index (κ2) is 43.6. The molecule has 0 radical (unpaired) electrons. The van der Waals surface area contributed by atoms with Crippen LogP contribution >= 0.6 is 0 Å². The molecule has 0 fully saturated rings. The lowest BCUT2D eigenvalue weighted by atomic mass is 10.0. The van der Waals surface area contributed by atoms with Crippen LogP contribution in [0.25, 0.3) is 0 Å². The minimum Gasteiger partial charge on any atom is -0.480 e. The quantitative estimate of drug-likeness (QED) is 0.0273. The molecule has 0 heterocycles. The maximum Gasteiger partial charge on any atom is 0.328 e. The van der Waals surface area contributed by atoms with E-state index in [9.17, 15) is 19.2 Å². The maximum atomic E-state index is 12.7. The first kappa shape index (κ1) is 55.1. The van der Waals surface area contributed by atoms with Gasteiger partial charge in [-0.1, -0.05) is 198 Å². The minimum absolute atomic E-state index is 0.132. The number of carboxylic acid groups (broad SMARTS) is 1. The van der Waals surface area contributed by atoms with E-state index in [1.165, 1.54) is 135 Å². The zero-order valence-corrected chi connectivity index (χ0v) is 37.3. The highest BCUT2D eigenvalue weighted by Gasteiger charge is 2.18. The SMILES string of the molecule is CC/C=C\C/C=C\C/C=C\C(CCCCCCC(=O)NCC(=O)NC(CO)C(=O)O)OC(=O)CCCCCCCCCCCCCCCCCCCCCCCCC. The molecule has 9 nitrogen and oxygen atoms in total. The molecule has 0 aromatic carbocycles. The van der Waals surface area contributed by atoms with Gasteiger partial charge in [0.15, 0.2) is 0 Å². The Balaban J connectivity index is 4.09. The predicted octanol–water partition coefficient (Wildman–Crippen LogP) is 12.2. The average molecular weight is 817 g/mol. The van der Waals surface area contributed by atoms with Gasteiger partial charge in [0.25, 0.3) is 0 Å². The molecule has 2 unspecified atom stereocenters. The van der Waals surface area contributed by atoms with Crippen LogP contribution < -0.4 is 10.6 Å². The van der Waals surface area contributed by atoms with E-state index in [-0.39, 0.29) is 30.9 Å². The maximum absolute atomic E-state index is 12.7. The van der Waals surface area contributed by atoms with Crippen LogP contribution in [-0.4, -0.2) is 59.3 Å². The number of aliphatic hydroxyl groups excluding tert-OH is 1. The summed E-state index contributed by atoms with van der Waals surface area (Å²) in [5, 5.41) is 22.5. The molecule has 2 atom stereocenters. The summed E-state index contributed by atoms with van der Waals surface area (Å²) in [6, 6.07) is -1.39. The zero-order valence-electron chi connectivity index (χ0n) is 37.3. The molecule has 0 aliphatic heterocycles. The molecule has 336 valence electrons. The normalized spacial score (nSPS) is 12.7. The van der Waals surface area contributed by atoms with Crippen LogP contribution in [0.2, 0.25) is 0 Å². The third-order valence-electron chi connectivity index (χ3n) is 10.6. The van der Waals surface area contributed by atoms with E-state index in [1.54, 1.807) is 0 Å². The molecule has 0 aromatic heterocycles. The van der Waals surface area contributed by atoms with Gasteiger partial charge in [0.2, 0.25) is 11.8 Å². The number of carboxylic acids is 1. The van der Waals surface area contributed by atoms with Crippen molar-refractivity contribution in [3.8, 4) is 0 Å². The van der Waals surface area contributed by atoms with Crippen LogP contribution in [0.3, 0.4) is 0 Å². The fourth-order valence-electron chi connectivity index (χ4n) is 7.00. The number of carbonyl (C=O) groups excluding carboxylic acids is 3. The molecular formula is C49H88N2O7. The standard InChI is InChI=1S/C49H88N2O7/c1-3-5-7-9-11-13-14-15-16-17-18-19-20-21-22-23-24-25-26-27-29-31-37-41-48(55)58-44(38-34-30-28-12-10-8-6-4-2)39-35-32-33-36-40-46(53)50-42-47(54)51-45(43-52)49(56)57/h6,8,12,28,34,38,44-45,52H,3-5,7,9-11,13-27,29-33,35-37,39-43H2,1-2H3,(H,50,53)(H,51,54)(H,56,57)/b8-6-,28-12-,38-34-. The van der Waals surface area contributed by atoms with Crippen molar-refractivity contribution in [3.63, 3.8) is 0 Å². The Hall–Kier alpha value is -2.94. The first-order valence-corrected chi connectivity index (χ1v) is 23.9. The minimum atomic E-state index is -1.39. The highest BCUT2D eigenvalue weighted by molar-refractivity contribution is 5.87. The second-order valence-electron chi connectivity index (χ2n) is 16.2. The van der Waals surface area contributed by atoms with Gasteiger partial charge in [0, 0.05) is 12.8 Å². The summed E-state index contributed by atoms with van der Waals surface area (Å²) in [5.74, 6) is -2.43. The van der Waals surface area contributed by atoms with Crippen LogP contribution in [0.4, 0.5) is 0 Å². The van der Waals surface area contributed by atoms with Gasteiger partial charge in [-0.3, -0.25) is 14.4 Å². The average Bonchev–Trinajstić information content (AvgIpc) is 3.21. The summed E-state index contributed by atoms with van der Waals surface area (Å²) in [4.78, 5) is 47.6. The molecule has 2 amide bonds. The first-order valence-electron chi connectivity index (χ1n) is 23.9. The highest BCUT2D eigenvalue weighted by Crippen LogP contribution is 2.17. The van der Waals surface area contributed by atoms with Gasteiger partial charge < -0.3 is 25.6 Å². The van der Waals surface area contributed by atoms with E-state index >= 15 is 0 Å². The molecule has 0 saturated carbocycles. The van der Waals surface area contributed by atoms with Crippen LogP contribution in [0.15, 0.2) is 36.5 Å². The van der Waals surface area contributed by atoms with Gasteiger partial charge in [0.1, 0.15) is 12.1 Å². The highest BCUT2D eigenvalue weighted by atomic mass is 16.5. The monoisotopic (exact) mass is 817 g/mol. The van der Waals surface area contributed by atoms with Gasteiger partial charge in [0.05, 0.1) is 13.2 Å². The number of hydrogen-bond acceptors (Lipinski definition) is 6. The Bertz CT molecular complexity index is 1070. The fraction of sp³-hybridized carbons (Fsp3) is 0.796. The van der Waals surface area contributed by atoms with E-state index in [4.69, 9.17) is 14.9 Å². The summed E-state index contributed by atoms with van der Waals surface area (Å²) in [6.07, 6.45) is 50.8. The molecule has 0 aromatic rings. The molecular weight excluding hydrogens is 729 g/mol. The van der Waals surface area contributed by atoms with Crippen LogP contribution in [0, 0.1) is 0 Å². The number of ether oxygens (including phenoxy) is 1. The molecule has 58 heavy (non-hydrogen) atoms. The lowest BCUT2D eigenvalue weighted by Crippen LogP contribution is -2.47. The fourth-order valence-corrected chi connectivity index (χ4v) is 7.00. The number of esters is 1. The summed E-state index contributed by atoms with van der Waals surface area (Å²) in [6.45, 7) is 3.34. The first-order chi connectivity index (χ1) is 28.3. The van der Waals surface area contributed by atoms with Crippen molar-refractivity contribution in [2.45, 2.75) is 238 Å². The molecule has 9 heteroatoms. The summed E-state index contributed by atoms with van der Waals surface area (Å²) in [7, 11) is 0. The van der Waals surface area contributed by atoms with Gasteiger partial charge in [-0.2, -0.15) is 0 Å². The number of rotatable bonds is 43. The van der Waals surface area contributed by atoms with E-state index in [1.807, 2.05) is 6.08 Å². The van der Waals surface area contributed by atoms with Crippen LogP contribution in [0.5, 0.6) is 0 Å². The molecule has 0 aliphatic rings. The number of allylic oxidation sites excluding steroid dienone is 5. The van der Waals surface area contributed by atoms with E-state index in [2.05, 4.69) is 54.9 Å². The molecule has 0 aliphatic carbocycles. The van der Waals surface area contributed by atoms with Crippen molar-refractivity contribution in [1.29, 1.82) is 0 Å². The largest absolute Gasteiger partial charge is 0.480 e. The molecule has 0 saturated heterocycles. The van der Waals surface area contributed by atoms with Gasteiger partial charge in [-0.05, 0) is 51.0 Å². The molecule has 0 bridgehead atoms. The topological polar surface area (TPSA) is 142 Å². The number of nitrogens with one attached hydrogen (secondary N) is 2. The van der Waals surface area contributed by atoms with Crippen molar-refractivity contribution in [2.24, 2.45) is 0 Å². The Morgan fingerprint density at radius 2 is 0.966 bits per heavy atom. The number of carbonyl (C=O) groups is 4. The Morgan fingerprint density at radius 1 is 0.534 bits per heavy atom. The second-order valence-corrected chi connectivity index (χ2v) is 16.2. The third kappa shape index (κ3) is 39.9. The number of unbranched alkanes of at least 4 members (excludes halogenated alkanes) is 25. The molecule has 0 spiro atoms. The Kier molecular flexibility index (Phi) is 41.4. The van der Waals surface area contributed by atoms with Gasteiger partial charge >= 0.3 is 11.9 Å². The Morgan fingerprint density at radius 3 is 1.43 bits per heavy atom. The number of hydrogen-bond donors (Lipinski definition) is 4. The van der Waals surface area contributed by atoms with Crippen molar-refractivity contribution in [3.05, 3.63) is 36.5 Å². The summed E-state index contributed by atoms with van der Waals surface area (Å²) in [5.41, 5.74) is 0. The Labute approximate surface area is 355 Å². The lowest BCUT2D eigenvalue weighted by molar-refractivity contribution is -0.147. The predicted molar refractivity (Wildman–Crippen MR) is 241 cm³/mol. The van der Waals surface area contributed by atoms with Crippen molar-refractivity contribution in [2.75, 3.05) is 13.2 Å². The van der Waals surface area contributed by atoms with Crippen LogP contribution in [0.1, 0.15) is 226 Å².